The van der Waals surface area contributed by atoms with Crippen LogP contribution in [0.2, 0.25) is 0 Å². The molecule has 1 aromatic carbocycles. The highest BCUT2D eigenvalue weighted by molar-refractivity contribution is 5.82. The van der Waals surface area contributed by atoms with Gasteiger partial charge in [-0.2, -0.15) is 9.90 Å². The molecule has 34 heavy (non-hydrogen) atoms. The van der Waals surface area contributed by atoms with Gasteiger partial charge in [-0.15, -0.1) is 5.10 Å². The van der Waals surface area contributed by atoms with Crippen molar-refractivity contribution in [3.8, 4) is 0 Å². The number of nitrogens with zero attached hydrogens (tertiary/aromatic N) is 3. The first-order chi connectivity index (χ1) is 16.1. The molecule has 184 valence electrons. The Bertz CT molecular complexity index is 1130. The van der Waals surface area contributed by atoms with Crippen LogP contribution in [0.3, 0.4) is 0 Å². The molecule has 1 aromatic heterocycles. The van der Waals surface area contributed by atoms with E-state index in [0.29, 0.717) is 28.7 Å². The lowest BCUT2D eigenvalue weighted by molar-refractivity contribution is -0.151. The minimum atomic E-state index is -0.501. The van der Waals surface area contributed by atoms with E-state index in [0.717, 1.165) is 44.4 Å². The molecule has 5 nitrogen and oxygen atoms in total. The summed E-state index contributed by atoms with van der Waals surface area (Å²) in [5, 5.41) is 19.4. The predicted molar refractivity (Wildman–Crippen MR) is 128 cm³/mol. The first-order valence-corrected chi connectivity index (χ1v) is 13.4. The fourth-order valence-corrected chi connectivity index (χ4v) is 9.23. The van der Waals surface area contributed by atoms with Crippen molar-refractivity contribution >= 4 is 16.8 Å². The fraction of sp³-hybridized carbons (Fsp3) is 0.750. The second-order valence-corrected chi connectivity index (χ2v) is 12.8. The van der Waals surface area contributed by atoms with Crippen LogP contribution in [0.1, 0.15) is 78.6 Å². The average molecular weight is 468 g/mol. The van der Waals surface area contributed by atoms with E-state index in [1.807, 2.05) is 6.92 Å². The number of halogens is 1. The molecule has 4 fully saturated rings. The highest BCUT2D eigenvalue weighted by Gasteiger charge is 2.61. The van der Waals surface area contributed by atoms with Crippen LogP contribution in [-0.2, 0) is 11.3 Å². The molecule has 1 heterocycles. The maximum absolute atomic E-state index is 14.1. The third kappa shape index (κ3) is 3.30. The molecule has 4 saturated carbocycles. The standard InChI is InChI=1S/C28H38FN3O2/c1-26(34)13-14-27(2)17(15-26)7-8-18-19-9-10-21(28(19,3)12-11-20(18)27)24(33)16-32-30-23-6-4-5-22(29)25(23)31-32/h4-6,17-21,34H,7-16H2,1-3H3/t17-,18-,19-,20-,21+,26+,27-,28-/m0/s1. The lowest BCUT2D eigenvalue weighted by Crippen LogP contribution is -2.55. The van der Waals surface area contributed by atoms with Crippen LogP contribution >= 0.6 is 0 Å². The van der Waals surface area contributed by atoms with Gasteiger partial charge < -0.3 is 5.11 Å². The van der Waals surface area contributed by atoms with Crippen LogP contribution in [0.5, 0.6) is 0 Å². The van der Waals surface area contributed by atoms with Gasteiger partial charge in [0.25, 0.3) is 0 Å². The van der Waals surface area contributed by atoms with Crippen molar-refractivity contribution in [2.24, 2.45) is 40.4 Å². The van der Waals surface area contributed by atoms with Gasteiger partial charge >= 0.3 is 0 Å². The summed E-state index contributed by atoms with van der Waals surface area (Å²) in [6.45, 7) is 7.03. The van der Waals surface area contributed by atoms with Gasteiger partial charge in [-0.05, 0) is 111 Å². The van der Waals surface area contributed by atoms with E-state index in [-0.39, 0.29) is 29.2 Å². The van der Waals surface area contributed by atoms with Crippen molar-refractivity contribution in [1.29, 1.82) is 0 Å². The van der Waals surface area contributed by atoms with Gasteiger partial charge in [-0.1, -0.05) is 19.9 Å². The molecule has 1 N–H and O–H groups in total. The quantitative estimate of drug-likeness (QED) is 0.643. The van der Waals surface area contributed by atoms with Crippen LogP contribution in [0.25, 0.3) is 11.0 Å². The van der Waals surface area contributed by atoms with Gasteiger partial charge in [0, 0.05) is 5.92 Å². The summed E-state index contributed by atoms with van der Waals surface area (Å²) in [6, 6.07) is 4.75. The lowest BCUT2D eigenvalue weighted by Gasteiger charge is -2.61. The van der Waals surface area contributed by atoms with Crippen LogP contribution in [-0.4, -0.2) is 31.5 Å². The van der Waals surface area contributed by atoms with Crippen molar-refractivity contribution in [3.63, 3.8) is 0 Å². The van der Waals surface area contributed by atoms with Crippen molar-refractivity contribution in [2.75, 3.05) is 0 Å². The zero-order valence-electron chi connectivity index (χ0n) is 20.8. The Hall–Kier alpha value is -1.82. The highest BCUT2D eigenvalue weighted by atomic mass is 19.1. The molecule has 0 aliphatic heterocycles. The third-order valence-electron chi connectivity index (χ3n) is 11.0. The maximum Gasteiger partial charge on any atom is 0.159 e. The predicted octanol–water partition coefficient (Wildman–Crippen LogP) is 5.55. The number of hydrogen-bond donors (Lipinski definition) is 1. The molecule has 4 aliphatic carbocycles. The van der Waals surface area contributed by atoms with E-state index < -0.39 is 11.4 Å². The van der Waals surface area contributed by atoms with Gasteiger partial charge in [0.05, 0.1) is 5.60 Å². The first kappa shape index (κ1) is 22.6. The molecule has 0 unspecified atom stereocenters. The summed E-state index contributed by atoms with van der Waals surface area (Å²) in [5.74, 6) is 2.49. The SMILES string of the molecule is C[C@@]1(O)CC[C@@]2(C)[C@@H](CC[C@@H]3[C@@H]2CC[C@]2(C)[C@@H](C(=O)Cn4nc5cccc(F)c5n4)CC[C@@H]32)C1. The number of benzene rings is 1. The van der Waals surface area contributed by atoms with Crippen molar-refractivity contribution in [2.45, 2.75) is 90.7 Å². The largest absolute Gasteiger partial charge is 0.390 e. The molecule has 2 aromatic rings. The molecule has 0 amide bonds. The Kier molecular flexibility index (Phi) is 5.05. The number of aromatic nitrogens is 3. The third-order valence-corrected chi connectivity index (χ3v) is 11.0. The summed E-state index contributed by atoms with van der Waals surface area (Å²) in [6.07, 6.45) is 9.85. The highest BCUT2D eigenvalue weighted by Crippen LogP contribution is 2.68. The molecule has 0 saturated heterocycles. The van der Waals surface area contributed by atoms with E-state index in [1.54, 1.807) is 12.1 Å². The number of Topliss-reactive ketones (excluding diaryl/α,β-unsaturated/α-hetero) is 1. The Balaban J connectivity index is 1.21. The normalized spacial score (nSPS) is 43.9. The number of aliphatic hydroxyl groups is 1. The van der Waals surface area contributed by atoms with E-state index in [2.05, 4.69) is 24.0 Å². The van der Waals surface area contributed by atoms with Gasteiger partial charge in [0.15, 0.2) is 11.6 Å². The van der Waals surface area contributed by atoms with Crippen LogP contribution in [0.15, 0.2) is 18.2 Å². The second kappa shape index (κ2) is 7.59. The second-order valence-electron chi connectivity index (χ2n) is 12.8. The smallest absolute Gasteiger partial charge is 0.159 e. The van der Waals surface area contributed by atoms with E-state index in [1.165, 1.54) is 30.1 Å². The zero-order chi connectivity index (χ0) is 23.9. The molecule has 0 radical (unpaired) electrons. The molecule has 6 rings (SSSR count). The van der Waals surface area contributed by atoms with Crippen LogP contribution in [0.4, 0.5) is 4.39 Å². The molecular weight excluding hydrogens is 429 g/mol. The molecule has 8 atom stereocenters. The number of carbonyl (C=O) groups is 1. The minimum Gasteiger partial charge on any atom is -0.390 e. The first-order valence-electron chi connectivity index (χ1n) is 13.4. The minimum absolute atomic E-state index is 0.0371. The van der Waals surface area contributed by atoms with Crippen molar-refractivity contribution < 1.29 is 14.3 Å². The van der Waals surface area contributed by atoms with Crippen molar-refractivity contribution in [3.05, 3.63) is 24.0 Å². The number of ketones is 1. The van der Waals surface area contributed by atoms with E-state index >= 15 is 0 Å². The summed E-state index contributed by atoms with van der Waals surface area (Å²) in [5.41, 5.74) is 0.610. The van der Waals surface area contributed by atoms with Gasteiger partial charge in [-0.3, -0.25) is 4.79 Å². The molecule has 0 bridgehead atoms. The topological polar surface area (TPSA) is 68.0 Å². The van der Waals surface area contributed by atoms with Crippen LogP contribution in [0, 0.1) is 46.2 Å². The molecular formula is C28H38FN3O2. The van der Waals surface area contributed by atoms with Gasteiger partial charge in [0.2, 0.25) is 0 Å². The molecule has 6 heteroatoms. The van der Waals surface area contributed by atoms with Gasteiger partial charge in [0.1, 0.15) is 17.6 Å². The van der Waals surface area contributed by atoms with Gasteiger partial charge in [-0.25, -0.2) is 4.39 Å². The number of carbonyl (C=O) groups excluding carboxylic acids is 1. The zero-order valence-corrected chi connectivity index (χ0v) is 20.8. The summed E-state index contributed by atoms with van der Waals surface area (Å²) in [7, 11) is 0. The summed E-state index contributed by atoms with van der Waals surface area (Å²) in [4.78, 5) is 14.9. The van der Waals surface area contributed by atoms with E-state index in [9.17, 15) is 14.3 Å². The fourth-order valence-electron chi connectivity index (χ4n) is 9.23. The Morgan fingerprint density at radius 3 is 2.62 bits per heavy atom. The Morgan fingerprint density at radius 2 is 1.82 bits per heavy atom. The lowest BCUT2D eigenvalue weighted by atomic mass is 9.44. The Labute approximate surface area is 201 Å². The average Bonchev–Trinajstić information content (AvgIpc) is 3.35. The van der Waals surface area contributed by atoms with Crippen LogP contribution < -0.4 is 0 Å². The van der Waals surface area contributed by atoms with E-state index in [4.69, 9.17) is 0 Å². The Morgan fingerprint density at radius 1 is 1.03 bits per heavy atom. The maximum atomic E-state index is 14.1. The number of rotatable bonds is 3. The number of fused-ring (bicyclic) bond motifs is 6. The summed E-state index contributed by atoms with van der Waals surface area (Å²) >= 11 is 0. The molecule has 4 aliphatic rings. The molecule has 0 spiro atoms. The summed E-state index contributed by atoms with van der Waals surface area (Å²) < 4.78 is 14.1. The monoisotopic (exact) mass is 467 g/mol. The number of hydrogen-bond acceptors (Lipinski definition) is 4. The van der Waals surface area contributed by atoms with Crippen molar-refractivity contribution in [1.82, 2.24) is 15.0 Å².